The zero-order valence-electron chi connectivity index (χ0n) is 16.3. The number of para-hydroxylation sites is 2. The number of carbonyl (C=O) groups excluding carboxylic acids is 1. The molecule has 6 nitrogen and oxygen atoms in total. The molecule has 0 unspecified atom stereocenters. The summed E-state index contributed by atoms with van der Waals surface area (Å²) in [5, 5.41) is 2.98. The predicted molar refractivity (Wildman–Crippen MR) is 112 cm³/mol. The zero-order valence-corrected chi connectivity index (χ0v) is 16.3. The minimum atomic E-state index is -0.0815. The second-order valence-corrected chi connectivity index (χ2v) is 7.74. The highest BCUT2D eigenvalue weighted by atomic mass is 16.2. The van der Waals surface area contributed by atoms with E-state index >= 15 is 0 Å². The molecule has 1 aliphatic heterocycles. The van der Waals surface area contributed by atoms with E-state index < -0.39 is 0 Å². The fourth-order valence-electron chi connectivity index (χ4n) is 3.92. The van der Waals surface area contributed by atoms with Crippen LogP contribution in [0.3, 0.4) is 0 Å². The van der Waals surface area contributed by atoms with E-state index in [4.69, 9.17) is 0 Å². The number of nitrogens with zero attached hydrogens (tertiary/aromatic N) is 2. The number of aromatic amines is 1. The molecule has 3 aromatic rings. The lowest BCUT2D eigenvalue weighted by Crippen LogP contribution is -2.42. The van der Waals surface area contributed by atoms with Gasteiger partial charge in [-0.1, -0.05) is 38.1 Å². The summed E-state index contributed by atoms with van der Waals surface area (Å²) in [6.07, 6.45) is 1.53. The van der Waals surface area contributed by atoms with Gasteiger partial charge in [-0.25, -0.2) is 9.59 Å². The van der Waals surface area contributed by atoms with Gasteiger partial charge in [-0.2, -0.15) is 0 Å². The van der Waals surface area contributed by atoms with Gasteiger partial charge in [0.1, 0.15) is 0 Å². The van der Waals surface area contributed by atoms with Crippen molar-refractivity contribution in [2.45, 2.75) is 38.6 Å². The number of anilines is 1. The fraction of sp³-hybridized carbons (Fsp3) is 0.364. The van der Waals surface area contributed by atoms with E-state index in [2.05, 4.69) is 36.3 Å². The second kappa shape index (κ2) is 7.54. The van der Waals surface area contributed by atoms with Gasteiger partial charge in [0.25, 0.3) is 0 Å². The number of benzene rings is 2. The summed E-state index contributed by atoms with van der Waals surface area (Å²) >= 11 is 0. The fourth-order valence-corrected chi connectivity index (χ4v) is 3.92. The molecule has 2 aromatic carbocycles. The monoisotopic (exact) mass is 378 g/mol. The number of likely N-dealkylation sites (tertiary alicyclic amines) is 1. The summed E-state index contributed by atoms with van der Waals surface area (Å²) in [4.78, 5) is 29.7. The summed E-state index contributed by atoms with van der Waals surface area (Å²) in [5.41, 5.74) is 3.78. The van der Waals surface area contributed by atoms with E-state index in [-0.39, 0.29) is 17.8 Å². The molecule has 0 bridgehead atoms. The molecular weight excluding hydrogens is 352 g/mol. The van der Waals surface area contributed by atoms with Crippen molar-refractivity contribution in [1.29, 1.82) is 0 Å². The SMILES string of the molecule is CC(C)c1ccc(NC(=O)N2CCC(n3c(=O)[nH]c4ccccc43)CC2)cc1. The average Bonchev–Trinajstić information content (AvgIpc) is 3.04. The third kappa shape index (κ3) is 3.54. The number of urea groups is 1. The minimum Gasteiger partial charge on any atom is -0.324 e. The molecular formula is C22H26N4O2. The Morgan fingerprint density at radius 1 is 1.07 bits per heavy atom. The van der Waals surface area contributed by atoms with Crippen LogP contribution in [0.25, 0.3) is 11.0 Å². The van der Waals surface area contributed by atoms with Gasteiger partial charge in [0.05, 0.1) is 11.0 Å². The van der Waals surface area contributed by atoms with Crippen LogP contribution in [0, 0.1) is 0 Å². The Balaban J connectivity index is 1.40. The van der Waals surface area contributed by atoms with Gasteiger partial charge in [-0.3, -0.25) is 4.57 Å². The summed E-state index contributed by atoms with van der Waals surface area (Å²) in [5.74, 6) is 0.469. The maximum absolute atomic E-state index is 12.6. The van der Waals surface area contributed by atoms with E-state index in [0.717, 1.165) is 29.6 Å². The number of amides is 2. The number of piperidine rings is 1. The first-order valence-corrected chi connectivity index (χ1v) is 9.88. The van der Waals surface area contributed by atoms with Crippen molar-refractivity contribution < 1.29 is 4.79 Å². The third-order valence-corrected chi connectivity index (χ3v) is 5.57. The Morgan fingerprint density at radius 3 is 2.43 bits per heavy atom. The van der Waals surface area contributed by atoms with E-state index in [0.29, 0.717) is 19.0 Å². The highest BCUT2D eigenvalue weighted by molar-refractivity contribution is 5.89. The van der Waals surface area contributed by atoms with Crippen LogP contribution in [-0.4, -0.2) is 33.6 Å². The molecule has 0 aliphatic carbocycles. The van der Waals surface area contributed by atoms with Crippen LogP contribution in [0.2, 0.25) is 0 Å². The van der Waals surface area contributed by atoms with Crippen LogP contribution in [0.5, 0.6) is 0 Å². The Kier molecular flexibility index (Phi) is 4.94. The van der Waals surface area contributed by atoms with Gasteiger partial charge in [0.2, 0.25) is 0 Å². The van der Waals surface area contributed by atoms with Crippen molar-refractivity contribution >= 4 is 22.8 Å². The Hall–Kier alpha value is -3.02. The quantitative estimate of drug-likeness (QED) is 0.712. The molecule has 0 radical (unpaired) electrons. The number of hydrogen-bond donors (Lipinski definition) is 2. The number of hydrogen-bond acceptors (Lipinski definition) is 2. The van der Waals surface area contributed by atoms with Crippen molar-refractivity contribution in [2.75, 3.05) is 18.4 Å². The maximum Gasteiger partial charge on any atom is 0.326 e. The van der Waals surface area contributed by atoms with E-state index in [1.807, 2.05) is 45.9 Å². The lowest BCUT2D eigenvalue weighted by molar-refractivity contribution is 0.184. The number of fused-ring (bicyclic) bond motifs is 1. The lowest BCUT2D eigenvalue weighted by atomic mass is 10.0. The molecule has 1 saturated heterocycles. The molecule has 2 amide bonds. The van der Waals surface area contributed by atoms with Crippen molar-refractivity contribution in [1.82, 2.24) is 14.5 Å². The van der Waals surface area contributed by atoms with E-state index in [9.17, 15) is 9.59 Å². The summed E-state index contributed by atoms with van der Waals surface area (Å²) in [7, 11) is 0. The highest BCUT2D eigenvalue weighted by Gasteiger charge is 2.26. The zero-order chi connectivity index (χ0) is 19.7. The predicted octanol–water partition coefficient (Wildman–Crippen LogP) is 4.32. The van der Waals surface area contributed by atoms with Crippen LogP contribution in [0.15, 0.2) is 53.3 Å². The number of imidazole rings is 1. The van der Waals surface area contributed by atoms with Crippen LogP contribution in [-0.2, 0) is 0 Å². The van der Waals surface area contributed by atoms with Gasteiger partial charge in [0, 0.05) is 24.8 Å². The Labute approximate surface area is 164 Å². The van der Waals surface area contributed by atoms with Crippen LogP contribution < -0.4 is 11.0 Å². The van der Waals surface area contributed by atoms with Crippen molar-refractivity contribution in [3.8, 4) is 0 Å². The summed E-state index contributed by atoms with van der Waals surface area (Å²) in [6.45, 7) is 5.56. The first-order valence-electron chi connectivity index (χ1n) is 9.88. The molecule has 0 spiro atoms. The minimum absolute atomic E-state index is 0.0747. The van der Waals surface area contributed by atoms with Crippen molar-refractivity contribution in [3.63, 3.8) is 0 Å². The molecule has 4 rings (SSSR count). The molecule has 6 heteroatoms. The lowest BCUT2D eigenvalue weighted by Gasteiger charge is -2.32. The molecule has 1 aromatic heterocycles. The topological polar surface area (TPSA) is 70.1 Å². The third-order valence-electron chi connectivity index (χ3n) is 5.57. The normalized spacial score (nSPS) is 15.3. The number of nitrogens with one attached hydrogen (secondary N) is 2. The first kappa shape index (κ1) is 18.3. The molecule has 146 valence electrons. The molecule has 1 aliphatic rings. The highest BCUT2D eigenvalue weighted by Crippen LogP contribution is 2.25. The standard InChI is InChI=1S/C22H26N4O2/c1-15(2)16-7-9-17(10-8-16)23-21(27)25-13-11-18(12-14-25)26-20-6-4-3-5-19(20)24-22(26)28/h3-10,15,18H,11-14H2,1-2H3,(H,23,27)(H,24,28). The van der Waals surface area contributed by atoms with Crippen LogP contribution >= 0.6 is 0 Å². The maximum atomic E-state index is 12.6. The van der Waals surface area contributed by atoms with Gasteiger partial charge in [0.15, 0.2) is 0 Å². The largest absolute Gasteiger partial charge is 0.326 e. The van der Waals surface area contributed by atoms with Gasteiger partial charge in [-0.15, -0.1) is 0 Å². The molecule has 28 heavy (non-hydrogen) atoms. The first-order chi connectivity index (χ1) is 13.5. The van der Waals surface area contributed by atoms with E-state index in [1.165, 1.54) is 5.56 Å². The number of H-pyrrole nitrogens is 1. The molecule has 0 atom stereocenters. The molecule has 2 heterocycles. The molecule has 1 fully saturated rings. The van der Waals surface area contributed by atoms with E-state index in [1.54, 1.807) is 0 Å². The number of carbonyl (C=O) groups is 1. The number of rotatable bonds is 3. The van der Waals surface area contributed by atoms with Crippen LogP contribution in [0.1, 0.15) is 44.2 Å². The second-order valence-electron chi connectivity index (χ2n) is 7.74. The Bertz CT molecular complexity index is 1020. The molecule has 0 saturated carbocycles. The average molecular weight is 378 g/mol. The van der Waals surface area contributed by atoms with Gasteiger partial charge < -0.3 is 15.2 Å². The summed E-state index contributed by atoms with van der Waals surface area (Å²) in [6, 6.07) is 15.8. The van der Waals surface area contributed by atoms with Crippen molar-refractivity contribution in [2.24, 2.45) is 0 Å². The molecule has 2 N–H and O–H groups in total. The number of aromatic nitrogens is 2. The smallest absolute Gasteiger partial charge is 0.324 e. The van der Waals surface area contributed by atoms with Crippen molar-refractivity contribution in [3.05, 3.63) is 64.6 Å². The summed E-state index contributed by atoms with van der Waals surface area (Å²) < 4.78 is 1.84. The van der Waals surface area contributed by atoms with Gasteiger partial charge >= 0.3 is 11.7 Å². The van der Waals surface area contributed by atoms with Crippen LogP contribution in [0.4, 0.5) is 10.5 Å². The Morgan fingerprint density at radius 2 is 1.75 bits per heavy atom. The van der Waals surface area contributed by atoms with Gasteiger partial charge in [-0.05, 0) is 48.6 Å².